The van der Waals surface area contributed by atoms with E-state index in [1.54, 1.807) is 12.1 Å². The van der Waals surface area contributed by atoms with Crippen LogP contribution in [-0.2, 0) is 22.5 Å². The first-order valence-corrected chi connectivity index (χ1v) is 9.44. The maximum absolute atomic E-state index is 12.5. The van der Waals surface area contributed by atoms with E-state index in [2.05, 4.69) is 25.2 Å². The first-order valence-electron chi connectivity index (χ1n) is 7.18. The van der Waals surface area contributed by atoms with Crippen molar-refractivity contribution in [3.05, 3.63) is 39.6 Å². The van der Waals surface area contributed by atoms with E-state index in [1.807, 2.05) is 18.5 Å². The molecule has 1 aromatic heterocycles. The summed E-state index contributed by atoms with van der Waals surface area (Å²) in [7, 11) is -0.376. The number of thiazole rings is 1. The number of hydrogen-bond acceptors (Lipinski definition) is 4. The lowest BCUT2D eigenvalue weighted by Gasteiger charge is -2.17. The average molecular weight is 354 g/mol. The summed E-state index contributed by atoms with van der Waals surface area (Å²) in [6, 6.07) is 6.23. The van der Waals surface area contributed by atoms with E-state index >= 15 is 0 Å². The molecule has 5 nitrogen and oxygen atoms in total. The second kappa shape index (κ2) is 6.13. The van der Waals surface area contributed by atoms with Gasteiger partial charge in [0.2, 0.25) is 4.80 Å². The molecule has 0 saturated heterocycles. The molecule has 0 N–H and O–H groups in total. The fraction of sp³-hybridized carbons (Fsp3) is 0.438. The maximum atomic E-state index is 12.5. The topological polar surface area (TPSA) is 60.7 Å². The van der Waals surface area contributed by atoms with Crippen LogP contribution in [0.15, 0.2) is 33.6 Å². The molecular weight excluding hydrogens is 332 g/mol. The molecule has 1 aromatic carbocycles. The van der Waals surface area contributed by atoms with Crippen LogP contribution < -0.4 is 9.54 Å². The quantitative estimate of drug-likeness (QED) is 0.851. The van der Waals surface area contributed by atoms with E-state index in [4.69, 9.17) is 4.74 Å². The Hall–Kier alpha value is -1.60. The van der Waals surface area contributed by atoms with E-state index < -0.39 is 10.0 Å². The normalized spacial score (nSPS) is 13.4. The van der Waals surface area contributed by atoms with Gasteiger partial charge in [-0.3, -0.25) is 0 Å². The van der Waals surface area contributed by atoms with E-state index in [1.165, 1.54) is 30.6 Å². The fourth-order valence-corrected chi connectivity index (χ4v) is 4.61. The Morgan fingerprint density at radius 3 is 2.17 bits per heavy atom. The SMILES string of the molecule is COc1ccc(S(=O)(=O)/N=c2\sc(C(C)(C)C)c(C)n2C)cc1. The van der Waals surface area contributed by atoms with Crippen molar-refractivity contribution in [2.24, 2.45) is 11.4 Å². The molecule has 2 aromatic rings. The minimum absolute atomic E-state index is 0.0514. The number of rotatable bonds is 3. The highest BCUT2D eigenvalue weighted by molar-refractivity contribution is 7.90. The van der Waals surface area contributed by atoms with Gasteiger partial charge in [-0.15, -0.1) is 15.7 Å². The van der Waals surface area contributed by atoms with Crippen molar-refractivity contribution in [3.63, 3.8) is 0 Å². The van der Waals surface area contributed by atoms with Crippen molar-refractivity contribution < 1.29 is 13.2 Å². The van der Waals surface area contributed by atoms with Crippen molar-refractivity contribution in [2.75, 3.05) is 7.11 Å². The van der Waals surface area contributed by atoms with E-state index in [0.29, 0.717) is 10.6 Å². The van der Waals surface area contributed by atoms with Gasteiger partial charge >= 0.3 is 0 Å². The predicted molar refractivity (Wildman–Crippen MR) is 92.5 cm³/mol. The number of aromatic nitrogens is 1. The number of benzene rings is 1. The van der Waals surface area contributed by atoms with Crippen molar-refractivity contribution >= 4 is 21.4 Å². The number of methoxy groups -OCH3 is 1. The molecule has 0 atom stereocenters. The molecule has 0 fully saturated rings. The number of nitrogens with zero attached hydrogens (tertiary/aromatic N) is 2. The Balaban J connectivity index is 2.56. The predicted octanol–water partition coefficient (Wildman–Crippen LogP) is 2.99. The highest BCUT2D eigenvalue weighted by Crippen LogP contribution is 2.28. The molecule has 1 heterocycles. The third-order valence-electron chi connectivity index (χ3n) is 3.55. The van der Waals surface area contributed by atoms with Gasteiger partial charge in [0, 0.05) is 17.6 Å². The molecular formula is C16H22N2O3S2. The molecule has 0 spiro atoms. The van der Waals surface area contributed by atoms with Crippen LogP contribution in [0.1, 0.15) is 31.3 Å². The summed E-state index contributed by atoms with van der Waals surface area (Å²) >= 11 is 1.41. The summed E-state index contributed by atoms with van der Waals surface area (Å²) in [5.74, 6) is 0.608. The molecule has 2 rings (SSSR count). The Labute approximate surface area is 141 Å². The van der Waals surface area contributed by atoms with Crippen LogP contribution in [0.3, 0.4) is 0 Å². The van der Waals surface area contributed by atoms with Gasteiger partial charge in [-0.2, -0.15) is 8.42 Å². The van der Waals surface area contributed by atoms with Crippen molar-refractivity contribution in [3.8, 4) is 5.75 Å². The Morgan fingerprint density at radius 2 is 1.74 bits per heavy atom. The van der Waals surface area contributed by atoms with Crippen LogP contribution in [0.2, 0.25) is 0 Å². The van der Waals surface area contributed by atoms with Crippen molar-refractivity contribution in [1.29, 1.82) is 0 Å². The Bertz CT molecular complexity index is 868. The van der Waals surface area contributed by atoms with Crippen LogP contribution in [0.5, 0.6) is 5.75 Å². The molecule has 0 radical (unpaired) electrons. The van der Waals surface area contributed by atoms with Gasteiger partial charge in [0.15, 0.2) is 0 Å². The summed E-state index contributed by atoms with van der Waals surface area (Å²) in [6.07, 6.45) is 0. The fourth-order valence-electron chi connectivity index (χ4n) is 2.21. The molecule has 0 aliphatic carbocycles. The summed E-state index contributed by atoms with van der Waals surface area (Å²) in [5, 5.41) is 0. The molecule has 0 unspecified atom stereocenters. The highest BCUT2D eigenvalue weighted by atomic mass is 32.2. The molecule has 7 heteroatoms. The molecule has 0 amide bonds. The Kier molecular flexibility index (Phi) is 4.73. The maximum Gasteiger partial charge on any atom is 0.285 e. The first kappa shape index (κ1) is 17.7. The Morgan fingerprint density at radius 1 is 1.17 bits per heavy atom. The lowest BCUT2D eigenvalue weighted by molar-refractivity contribution is 0.414. The van der Waals surface area contributed by atoms with Crippen molar-refractivity contribution in [2.45, 2.75) is 38.0 Å². The largest absolute Gasteiger partial charge is 0.497 e. The van der Waals surface area contributed by atoms with Crippen LogP contribution in [0.25, 0.3) is 0 Å². The standard InChI is InChI=1S/C16H22N2O3S2/c1-11-14(16(2,3)4)22-15(18(11)5)17-23(19,20)13-9-7-12(21-6)8-10-13/h7-10H,1-6H3/b17-15-. The number of sulfonamides is 1. The smallest absolute Gasteiger partial charge is 0.285 e. The minimum Gasteiger partial charge on any atom is -0.497 e. The second-order valence-electron chi connectivity index (χ2n) is 6.35. The van der Waals surface area contributed by atoms with Crippen LogP contribution in [0, 0.1) is 6.92 Å². The second-order valence-corrected chi connectivity index (χ2v) is 8.93. The zero-order chi connectivity index (χ0) is 17.4. The van der Waals surface area contributed by atoms with Crippen molar-refractivity contribution in [1.82, 2.24) is 4.57 Å². The monoisotopic (exact) mass is 354 g/mol. The van der Waals surface area contributed by atoms with E-state index in [9.17, 15) is 8.42 Å². The third kappa shape index (κ3) is 3.67. The zero-order valence-corrected chi connectivity index (χ0v) is 15.9. The third-order valence-corrected chi connectivity index (χ3v) is 6.61. The number of ether oxygens (including phenoxy) is 1. The van der Waals surface area contributed by atoms with Gasteiger partial charge in [-0.1, -0.05) is 20.8 Å². The zero-order valence-electron chi connectivity index (χ0n) is 14.2. The van der Waals surface area contributed by atoms with Crippen LogP contribution >= 0.6 is 11.3 Å². The van der Waals surface area contributed by atoms with Gasteiger partial charge in [0.25, 0.3) is 10.0 Å². The van der Waals surface area contributed by atoms with Gasteiger partial charge in [0.05, 0.1) is 12.0 Å². The van der Waals surface area contributed by atoms with Gasteiger partial charge in [-0.05, 0) is 36.6 Å². The van der Waals surface area contributed by atoms with E-state index in [-0.39, 0.29) is 10.3 Å². The van der Waals surface area contributed by atoms with Crippen LogP contribution in [0.4, 0.5) is 0 Å². The lowest BCUT2D eigenvalue weighted by Crippen LogP contribution is -2.15. The van der Waals surface area contributed by atoms with Gasteiger partial charge in [-0.25, -0.2) is 0 Å². The summed E-state index contributed by atoms with van der Waals surface area (Å²) in [5.41, 5.74) is 0.982. The average Bonchev–Trinajstić information content (AvgIpc) is 2.75. The molecule has 0 aliphatic rings. The minimum atomic E-state index is -3.75. The summed E-state index contributed by atoms with van der Waals surface area (Å²) in [6.45, 7) is 8.30. The van der Waals surface area contributed by atoms with Gasteiger partial charge in [0.1, 0.15) is 5.75 Å². The van der Waals surface area contributed by atoms with Gasteiger partial charge < -0.3 is 9.30 Å². The molecule has 126 valence electrons. The van der Waals surface area contributed by atoms with Crippen LogP contribution in [-0.4, -0.2) is 20.1 Å². The summed E-state index contributed by atoms with van der Waals surface area (Å²) in [4.78, 5) is 1.76. The molecule has 23 heavy (non-hydrogen) atoms. The van der Waals surface area contributed by atoms with E-state index in [0.717, 1.165) is 10.6 Å². The molecule has 0 aliphatic heterocycles. The molecule has 0 bridgehead atoms. The summed E-state index contributed by atoms with van der Waals surface area (Å²) < 4.78 is 35.9. The molecule has 0 saturated carbocycles. The first-order chi connectivity index (χ1) is 10.6. The lowest BCUT2D eigenvalue weighted by atomic mass is 9.93. The number of hydrogen-bond donors (Lipinski definition) is 0. The highest BCUT2D eigenvalue weighted by Gasteiger charge is 2.22.